The molecule has 0 amide bonds. The van der Waals surface area contributed by atoms with E-state index in [0.717, 1.165) is 36.2 Å². The zero-order valence-corrected chi connectivity index (χ0v) is 11.7. The fourth-order valence-electron chi connectivity index (χ4n) is 3.31. The van der Waals surface area contributed by atoms with Gasteiger partial charge in [-0.15, -0.1) is 0 Å². The van der Waals surface area contributed by atoms with E-state index in [0.29, 0.717) is 6.04 Å². The summed E-state index contributed by atoms with van der Waals surface area (Å²) in [6, 6.07) is 6.74. The van der Waals surface area contributed by atoms with Crippen molar-refractivity contribution < 1.29 is 9.47 Å². The summed E-state index contributed by atoms with van der Waals surface area (Å²) < 4.78 is 10.8. The van der Waals surface area contributed by atoms with Crippen LogP contribution in [-0.4, -0.2) is 39.9 Å². The lowest BCUT2D eigenvalue weighted by Crippen LogP contribution is -2.44. The summed E-state index contributed by atoms with van der Waals surface area (Å²) in [6.45, 7) is 3.36. The summed E-state index contributed by atoms with van der Waals surface area (Å²) in [6.07, 6.45) is 2.50. The molecule has 2 heterocycles. The van der Waals surface area contributed by atoms with Gasteiger partial charge in [-0.2, -0.15) is 0 Å². The van der Waals surface area contributed by atoms with Crippen LogP contribution in [0.4, 0.5) is 5.69 Å². The second-order valence-electron chi connectivity index (χ2n) is 5.38. The molecule has 0 bridgehead atoms. The Morgan fingerprint density at radius 3 is 2.89 bits per heavy atom. The van der Waals surface area contributed by atoms with Gasteiger partial charge in [0, 0.05) is 25.2 Å². The highest BCUT2D eigenvalue weighted by molar-refractivity contribution is 5.62. The number of rotatable bonds is 3. The van der Waals surface area contributed by atoms with Crippen LogP contribution in [-0.2, 0) is 0 Å². The number of hydrogen-bond acceptors (Lipinski definition) is 4. The molecule has 0 aromatic heterocycles. The van der Waals surface area contributed by atoms with Gasteiger partial charge in [0.25, 0.3) is 0 Å². The predicted octanol–water partition coefficient (Wildman–Crippen LogP) is 1.89. The number of benzene rings is 1. The van der Waals surface area contributed by atoms with Crippen LogP contribution < -0.4 is 19.7 Å². The zero-order valence-electron chi connectivity index (χ0n) is 11.7. The van der Waals surface area contributed by atoms with Gasteiger partial charge in [-0.25, -0.2) is 0 Å². The summed E-state index contributed by atoms with van der Waals surface area (Å²) in [5.41, 5.74) is 1.16. The lowest BCUT2D eigenvalue weighted by atomic mass is 9.93. The molecule has 4 heteroatoms. The van der Waals surface area contributed by atoms with Gasteiger partial charge in [0.05, 0.1) is 19.9 Å². The molecular weight excluding hydrogens is 240 g/mol. The Morgan fingerprint density at radius 1 is 1.21 bits per heavy atom. The van der Waals surface area contributed by atoms with Gasteiger partial charge in [0.2, 0.25) is 0 Å². The van der Waals surface area contributed by atoms with Crippen LogP contribution in [0.3, 0.4) is 0 Å². The van der Waals surface area contributed by atoms with Gasteiger partial charge >= 0.3 is 0 Å². The van der Waals surface area contributed by atoms with Crippen LogP contribution in [0.15, 0.2) is 18.2 Å². The Morgan fingerprint density at radius 2 is 2.11 bits per heavy atom. The van der Waals surface area contributed by atoms with E-state index in [2.05, 4.69) is 16.3 Å². The van der Waals surface area contributed by atoms with Crippen molar-refractivity contribution in [2.24, 2.45) is 5.92 Å². The van der Waals surface area contributed by atoms with Gasteiger partial charge in [-0.05, 0) is 37.4 Å². The third-order valence-electron chi connectivity index (χ3n) is 4.38. The summed E-state index contributed by atoms with van der Waals surface area (Å²) >= 11 is 0. The topological polar surface area (TPSA) is 33.7 Å². The first-order chi connectivity index (χ1) is 9.31. The normalized spacial score (nSPS) is 26.1. The standard InChI is InChI=1S/C15H22N2O2/c1-18-12-3-4-15(19-2)14(9-12)17-8-6-13-11(10-17)5-7-16-13/h3-4,9,11,13,16H,5-8,10H2,1-2H3. The fraction of sp³-hybridized carbons (Fsp3) is 0.600. The Kier molecular flexibility index (Phi) is 3.51. The molecule has 2 saturated heterocycles. The van der Waals surface area contributed by atoms with Crippen LogP contribution in [0.5, 0.6) is 11.5 Å². The molecular formula is C15H22N2O2. The number of nitrogens with one attached hydrogen (secondary N) is 1. The molecule has 3 rings (SSSR count). The van der Waals surface area contributed by atoms with Crippen molar-refractivity contribution in [2.75, 3.05) is 38.8 Å². The van der Waals surface area contributed by atoms with E-state index in [4.69, 9.17) is 9.47 Å². The summed E-state index contributed by atoms with van der Waals surface area (Å²) in [7, 11) is 3.44. The number of piperidine rings is 1. The molecule has 2 aliphatic rings. The van der Waals surface area contributed by atoms with E-state index in [1.165, 1.54) is 19.4 Å². The van der Waals surface area contributed by atoms with Gasteiger partial charge < -0.3 is 19.7 Å². The van der Waals surface area contributed by atoms with Gasteiger partial charge in [0.15, 0.2) is 0 Å². The molecule has 2 aliphatic heterocycles. The first-order valence-electron chi connectivity index (χ1n) is 7.02. The number of methoxy groups -OCH3 is 2. The number of fused-ring (bicyclic) bond motifs is 1. The Labute approximate surface area is 114 Å². The van der Waals surface area contributed by atoms with E-state index < -0.39 is 0 Å². The average Bonchev–Trinajstić information content (AvgIpc) is 2.93. The minimum absolute atomic E-state index is 0.716. The third kappa shape index (κ3) is 2.37. The van der Waals surface area contributed by atoms with Gasteiger partial charge in [-0.3, -0.25) is 0 Å². The maximum Gasteiger partial charge on any atom is 0.142 e. The van der Waals surface area contributed by atoms with Crippen LogP contribution in [0.25, 0.3) is 0 Å². The highest BCUT2D eigenvalue weighted by Gasteiger charge is 2.33. The van der Waals surface area contributed by atoms with Gasteiger partial charge in [-0.1, -0.05) is 0 Å². The Balaban J connectivity index is 1.84. The number of hydrogen-bond donors (Lipinski definition) is 1. The molecule has 104 valence electrons. The van der Waals surface area contributed by atoms with Gasteiger partial charge in [0.1, 0.15) is 11.5 Å². The summed E-state index contributed by atoms with van der Waals surface area (Å²) in [4.78, 5) is 2.44. The zero-order chi connectivity index (χ0) is 13.2. The van der Waals surface area contributed by atoms with Crippen molar-refractivity contribution in [1.82, 2.24) is 5.32 Å². The van der Waals surface area contributed by atoms with Crippen molar-refractivity contribution in [3.05, 3.63) is 18.2 Å². The summed E-state index contributed by atoms with van der Waals surface area (Å²) in [5.74, 6) is 2.59. The molecule has 1 aromatic rings. The predicted molar refractivity (Wildman–Crippen MR) is 76.3 cm³/mol. The van der Waals surface area contributed by atoms with Crippen molar-refractivity contribution in [2.45, 2.75) is 18.9 Å². The highest BCUT2D eigenvalue weighted by Crippen LogP contribution is 2.36. The number of nitrogens with zero attached hydrogens (tertiary/aromatic N) is 1. The van der Waals surface area contributed by atoms with Crippen molar-refractivity contribution in [1.29, 1.82) is 0 Å². The van der Waals surface area contributed by atoms with E-state index in [-0.39, 0.29) is 0 Å². The molecule has 0 saturated carbocycles. The largest absolute Gasteiger partial charge is 0.497 e. The molecule has 1 aromatic carbocycles. The quantitative estimate of drug-likeness (QED) is 0.902. The van der Waals surface area contributed by atoms with E-state index in [1.807, 2.05) is 12.1 Å². The third-order valence-corrected chi connectivity index (χ3v) is 4.38. The smallest absolute Gasteiger partial charge is 0.142 e. The molecule has 2 unspecified atom stereocenters. The molecule has 2 atom stereocenters. The number of ether oxygens (including phenoxy) is 2. The van der Waals surface area contributed by atoms with E-state index >= 15 is 0 Å². The van der Waals surface area contributed by atoms with Crippen molar-refractivity contribution in [3.8, 4) is 11.5 Å². The SMILES string of the molecule is COc1ccc(OC)c(N2CCC3NCCC3C2)c1. The second-order valence-corrected chi connectivity index (χ2v) is 5.38. The van der Waals surface area contributed by atoms with Crippen molar-refractivity contribution in [3.63, 3.8) is 0 Å². The second kappa shape index (κ2) is 5.29. The molecule has 19 heavy (non-hydrogen) atoms. The lowest BCUT2D eigenvalue weighted by Gasteiger charge is -2.37. The molecule has 2 fully saturated rings. The summed E-state index contributed by atoms with van der Waals surface area (Å²) in [5, 5.41) is 3.60. The van der Waals surface area contributed by atoms with Crippen LogP contribution in [0.2, 0.25) is 0 Å². The Hall–Kier alpha value is -1.42. The maximum atomic E-state index is 5.50. The molecule has 0 radical (unpaired) electrons. The number of anilines is 1. The fourth-order valence-corrected chi connectivity index (χ4v) is 3.31. The minimum Gasteiger partial charge on any atom is -0.497 e. The maximum absolute atomic E-state index is 5.50. The van der Waals surface area contributed by atoms with Crippen LogP contribution >= 0.6 is 0 Å². The minimum atomic E-state index is 0.716. The van der Waals surface area contributed by atoms with E-state index in [1.54, 1.807) is 14.2 Å². The van der Waals surface area contributed by atoms with Crippen LogP contribution in [0, 0.1) is 5.92 Å². The van der Waals surface area contributed by atoms with E-state index in [9.17, 15) is 0 Å². The van der Waals surface area contributed by atoms with Crippen molar-refractivity contribution >= 4 is 5.69 Å². The van der Waals surface area contributed by atoms with Crippen LogP contribution in [0.1, 0.15) is 12.8 Å². The first-order valence-corrected chi connectivity index (χ1v) is 7.02. The molecule has 4 nitrogen and oxygen atoms in total. The first kappa shape index (κ1) is 12.6. The molecule has 0 spiro atoms. The monoisotopic (exact) mass is 262 g/mol. The Bertz CT molecular complexity index is 450. The average molecular weight is 262 g/mol. The molecule has 0 aliphatic carbocycles. The molecule has 1 N–H and O–H groups in total. The lowest BCUT2D eigenvalue weighted by molar-refractivity contribution is 0.367. The highest BCUT2D eigenvalue weighted by atomic mass is 16.5.